The highest BCUT2D eigenvalue weighted by molar-refractivity contribution is 5.89. The number of aliphatic carboxylic acids is 1. The maximum atomic E-state index is 14.7. The molecule has 18 atom stereocenters. The highest BCUT2D eigenvalue weighted by Crippen LogP contribution is 2.54. The van der Waals surface area contributed by atoms with Gasteiger partial charge in [-0.05, 0) is 102 Å². The molecule has 13 nitrogen and oxygen atoms in total. The molecule has 0 bridgehead atoms. The van der Waals surface area contributed by atoms with Crippen LogP contribution in [0.4, 0.5) is 10.5 Å². The molecule has 0 aromatic heterocycles. The molecule has 5 N–H and O–H groups in total. The Kier molecular flexibility index (Phi) is 15.1. The summed E-state index contributed by atoms with van der Waals surface area (Å²) in [6.07, 6.45) is 6.41. The monoisotopic (exact) mass is 869 g/mol. The predicted octanol–water partition coefficient (Wildman–Crippen LogP) is 8.02. The third-order valence-corrected chi connectivity index (χ3v) is 15.8. The first-order valence-corrected chi connectivity index (χ1v) is 23.6. The number of carbonyl (C=O) groups is 3. The zero-order chi connectivity index (χ0) is 45.4. The van der Waals surface area contributed by atoms with Crippen molar-refractivity contribution in [3.8, 4) is 0 Å². The van der Waals surface area contributed by atoms with Crippen LogP contribution < -0.4 is 10.6 Å². The van der Waals surface area contributed by atoms with E-state index in [1.165, 1.54) is 0 Å². The number of rotatable bonds is 14. The van der Waals surface area contributed by atoms with Gasteiger partial charge in [-0.3, -0.25) is 9.59 Å². The number of aliphatic hydroxyl groups excluding tert-OH is 1. The number of carboxylic acid groups (broad SMARTS) is 1. The summed E-state index contributed by atoms with van der Waals surface area (Å²) in [6, 6.07) is 8.07. The van der Waals surface area contributed by atoms with Crippen LogP contribution in [0.3, 0.4) is 0 Å². The number of anilines is 1. The molecule has 4 saturated heterocycles. The average Bonchev–Trinajstić information content (AvgIpc) is 3.59. The van der Waals surface area contributed by atoms with E-state index in [0.29, 0.717) is 63.5 Å². The molecule has 0 unspecified atom stereocenters. The van der Waals surface area contributed by atoms with Crippen LogP contribution in [0.25, 0.3) is 0 Å². The van der Waals surface area contributed by atoms with E-state index in [1.807, 2.05) is 84.0 Å². The van der Waals surface area contributed by atoms with Crippen molar-refractivity contribution in [1.82, 2.24) is 5.32 Å². The number of carboxylic acids is 1. The Bertz CT molecular complexity index is 1750. The molecule has 2 amide bonds. The first kappa shape index (κ1) is 48.5. The molecule has 2 spiro atoms. The molecule has 0 radical (unpaired) electrons. The number of para-hydroxylation sites is 1. The van der Waals surface area contributed by atoms with Crippen molar-refractivity contribution >= 4 is 23.5 Å². The second kappa shape index (κ2) is 19.3. The number of Topliss-reactive ketones (excluding diaryl/α,β-unsaturated/α-hetero) is 1. The number of aliphatic hydroxyl groups is 2. The van der Waals surface area contributed by atoms with E-state index < -0.39 is 95.0 Å². The number of urea groups is 1. The van der Waals surface area contributed by atoms with Gasteiger partial charge < -0.3 is 49.6 Å². The third kappa shape index (κ3) is 9.56. The molecule has 348 valence electrons. The summed E-state index contributed by atoms with van der Waals surface area (Å²) in [6.45, 7) is 19.6. The van der Waals surface area contributed by atoms with Crippen LogP contribution in [0.15, 0.2) is 42.5 Å². The molecular weight excluding hydrogens is 793 g/mol. The van der Waals surface area contributed by atoms with Gasteiger partial charge in [-0.2, -0.15) is 0 Å². The van der Waals surface area contributed by atoms with Gasteiger partial charge in [0.2, 0.25) is 0 Å². The second-order valence-electron chi connectivity index (χ2n) is 19.9. The van der Waals surface area contributed by atoms with Crippen LogP contribution in [0.5, 0.6) is 0 Å². The number of ketones is 1. The summed E-state index contributed by atoms with van der Waals surface area (Å²) < 4.78 is 34.6. The first-order chi connectivity index (χ1) is 29.3. The Hall–Kier alpha value is -2.91. The van der Waals surface area contributed by atoms with Crippen LogP contribution in [0.2, 0.25) is 0 Å². The van der Waals surface area contributed by atoms with Crippen LogP contribution in [-0.2, 0) is 33.3 Å². The summed E-state index contributed by atoms with van der Waals surface area (Å²) in [5.41, 5.74) is -1.09. The average molecular weight is 869 g/mol. The minimum atomic E-state index is -1.36. The fourth-order valence-corrected chi connectivity index (χ4v) is 11.5. The van der Waals surface area contributed by atoms with Crippen LogP contribution in [-0.4, -0.2) is 98.5 Å². The van der Waals surface area contributed by atoms with Crippen molar-refractivity contribution < 1.29 is 53.4 Å². The quantitative estimate of drug-likeness (QED) is 0.114. The molecule has 4 fully saturated rings. The smallest absolute Gasteiger partial charge is 0.319 e. The molecule has 0 saturated carbocycles. The van der Waals surface area contributed by atoms with E-state index in [9.17, 15) is 29.7 Å². The van der Waals surface area contributed by atoms with Gasteiger partial charge in [0.15, 0.2) is 11.6 Å². The van der Waals surface area contributed by atoms with Gasteiger partial charge in [-0.15, -0.1) is 0 Å². The second-order valence-corrected chi connectivity index (χ2v) is 19.9. The molecule has 0 aliphatic carbocycles. The van der Waals surface area contributed by atoms with Gasteiger partial charge in [0.1, 0.15) is 11.8 Å². The largest absolute Gasteiger partial charge is 0.481 e. The highest BCUT2D eigenvalue weighted by Gasteiger charge is 2.63. The zero-order valence-corrected chi connectivity index (χ0v) is 38.8. The summed E-state index contributed by atoms with van der Waals surface area (Å²) in [5.74, 6) is -6.09. The van der Waals surface area contributed by atoms with E-state index in [4.69, 9.17) is 23.7 Å². The van der Waals surface area contributed by atoms with Gasteiger partial charge in [0, 0.05) is 35.8 Å². The molecule has 5 aliphatic rings. The number of carbonyl (C=O) groups excluding carboxylic acids is 2. The lowest BCUT2D eigenvalue weighted by atomic mass is 9.72. The lowest BCUT2D eigenvalue weighted by Crippen LogP contribution is -2.66. The van der Waals surface area contributed by atoms with Gasteiger partial charge >= 0.3 is 12.0 Å². The molecule has 5 aliphatic heterocycles. The summed E-state index contributed by atoms with van der Waals surface area (Å²) in [7, 11) is 0. The zero-order valence-electron chi connectivity index (χ0n) is 38.8. The number of hydrogen-bond acceptors (Lipinski definition) is 10. The lowest BCUT2D eigenvalue weighted by molar-refractivity contribution is -0.397. The van der Waals surface area contributed by atoms with E-state index in [1.54, 1.807) is 6.92 Å². The molecule has 1 aromatic carbocycles. The number of ether oxygens (including phenoxy) is 5. The Labute approximate surface area is 369 Å². The standard InChI is InChI=1S/C49H76N2O11/c1-11-35(44(54)55)37-20-19-28(4)42(59-37)32(8)40(52)31(7)41(53)36(12-2)43-29(5)27-30(6)48(60-43)24-21-38(51-45(56)50-34-17-15-14-16-18-34)49(62-48)26-25-46(10,61-49)39-22-23-47(57,13-3)33(9)58-39/h14-18,21,24,28-33,35-40,42-43,52,57H,11-13,19-20,22-23,25-27H2,1-10H3,(H,54,55)(H2,50,51,56)/t28-,29-,30+,31-,32-,33-,35+,36-,37+,38+,39+,40+,42+,43-,46-,47+,48-,49-/m0/s1. The minimum Gasteiger partial charge on any atom is -0.481 e. The Morgan fingerprint density at radius 2 is 1.56 bits per heavy atom. The number of nitrogens with one attached hydrogen (secondary N) is 2. The molecule has 62 heavy (non-hydrogen) atoms. The normalized spacial score (nSPS) is 40.9. The van der Waals surface area contributed by atoms with Crippen LogP contribution in [0.1, 0.15) is 133 Å². The Morgan fingerprint density at radius 3 is 2.19 bits per heavy atom. The SMILES string of the molecule is CC[C@@H](C(=O)[C@@H](C)[C@@H](O)[C@H](C)[C@@H]1O[C@@H]([C@@H](CC)C(=O)O)CC[C@@H]1C)[C@H]1O[C@]2(C=C[C@@H](NC(=O)Nc3ccccc3)[C@]3(CC[C@@](C)([C@H]4CC[C@](O)(CC)[C@H](C)O4)O3)O2)[C@H](C)C[C@@H]1C. The summed E-state index contributed by atoms with van der Waals surface area (Å²) >= 11 is 0. The summed E-state index contributed by atoms with van der Waals surface area (Å²) in [4.78, 5) is 40.3. The molecule has 1 aromatic rings. The number of hydrogen-bond donors (Lipinski definition) is 5. The highest BCUT2D eigenvalue weighted by atomic mass is 16.8. The minimum absolute atomic E-state index is 0.0274. The van der Waals surface area contributed by atoms with Crippen molar-refractivity contribution in [3.63, 3.8) is 0 Å². The van der Waals surface area contributed by atoms with Crippen molar-refractivity contribution in [3.05, 3.63) is 42.5 Å². The van der Waals surface area contributed by atoms with Crippen LogP contribution in [0, 0.1) is 41.4 Å². The van der Waals surface area contributed by atoms with Crippen molar-refractivity contribution in [1.29, 1.82) is 0 Å². The maximum absolute atomic E-state index is 14.7. The molecule has 13 heteroatoms. The Balaban J connectivity index is 1.24. The third-order valence-electron chi connectivity index (χ3n) is 15.8. The fourth-order valence-electron chi connectivity index (χ4n) is 11.5. The van der Waals surface area contributed by atoms with Crippen molar-refractivity contribution in [2.75, 3.05) is 5.32 Å². The maximum Gasteiger partial charge on any atom is 0.319 e. The first-order valence-electron chi connectivity index (χ1n) is 23.6. The topological polar surface area (TPSA) is 182 Å². The van der Waals surface area contributed by atoms with E-state index in [2.05, 4.69) is 31.4 Å². The number of amides is 2. The number of benzene rings is 1. The van der Waals surface area contributed by atoms with Gasteiger partial charge in [0.25, 0.3) is 0 Å². The van der Waals surface area contributed by atoms with E-state index in [0.717, 1.165) is 6.42 Å². The summed E-state index contributed by atoms with van der Waals surface area (Å²) in [5, 5.41) is 39.0. The van der Waals surface area contributed by atoms with Crippen molar-refractivity contribution in [2.24, 2.45) is 41.4 Å². The van der Waals surface area contributed by atoms with Gasteiger partial charge in [0.05, 0.1) is 53.7 Å². The molecule has 6 rings (SSSR count). The van der Waals surface area contributed by atoms with Crippen molar-refractivity contribution in [2.45, 2.75) is 199 Å². The molecular formula is C49H76N2O11. The predicted molar refractivity (Wildman–Crippen MR) is 235 cm³/mol. The lowest BCUT2D eigenvalue weighted by Gasteiger charge is -2.55. The van der Waals surface area contributed by atoms with Gasteiger partial charge in [-0.1, -0.05) is 79.7 Å². The van der Waals surface area contributed by atoms with Crippen LogP contribution >= 0.6 is 0 Å². The van der Waals surface area contributed by atoms with E-state index in [-0.39, 0.29) is 29.6 Å². The van der Waals surface area contributed by atoms with E-state index >= 15 is 0 Å². The molecule has 5 heterocycles. The fraction of sp³-hybridized carbons (Fsp3) is 0.776. The Morgan fingerprint density at radius 1 is 0.871 bits per heavy atom. The van der Waals surface area contributed by atoms with Gasteiger partial charge in [-0.25, -0.2) is 4.79 Å².